The predicted molar refractivity (Wildman–Crippen MR) is 117 cm³/mol. The van der Waals surface area contributed by atoms with Crippen molar-refractivity contribution in [3.05, 3.63) is 108 Å². The number of anilines is 1. The minimum absolute atomic E-state index is 0.0251. The Morgan fingerprint density at radius 1 is 0.839 bits per heavy atom. The number of ketones is 1. The Hall–Kier alpha value is -4.32. The Morgan fingerprint density at radius 2 is 1.61 bits per heavy atom. The van der Waals surface area contributed by atoms with E-state index in [2.05, 4.69) is 9.97 Å². The molecule has 0 saturated carbocycles. The first-order valence-electron chi connectivity index (χ1n) is 9.76. The lowest BCUT2D eigenvalue weighted by Gasteiger charge is -2.26. The molecular weight excluding hydrogens is 390 g/mol. The van der Waals surface area contributed by atoms with E-state index in [-0.39, 0.29) is 11.3 Å². The zero-order valence-electron chi connectivity index (χ0n) is 16.3. The third-order valence-electron chi connectivity index (χ3n) is 5.42. The summed E-state index contributed by atoms with van der Waals surface area (Å²) in [7, 11) is 0. The number of hydrogen-bond donors (Lipinski definition) is 1. The van der Waals surface area contributed by atoms with Gasteiger partial charge >= 0.3 is 0 Å². The standard InChI is InChI=1S/C25H17N3O3/c29-23(17-10-13-26-14-11-17)21-22(18-7-4-12-27-15-18)28(25(31)24(21)30)20-9-3-6-16-5-1-2-8-19(16)20/h1-15,22,29H/b23-21+. The summed E-state index contributed by atoms with van der Waals surface area (Å²) in [5, 5.41) is 12.8. The van der Waals surface area contributed by atoms with Crippen LogP contribution in [0.25, 0.3) is 16.5 Å². The first kappa shape index (κ1) is 18.7. The molecule has 1 atom stereocenters. The quantitative estimate of drug-likeness (QED) is 0.312. The van der Waals surface area contributed by atoms with Gasteiger partial charge in [-0.3, -0.25) is 24.5 Å². The number of nitrogens with zero attached hydrogens (tertiary/aromatic N) is 3. The van der Waals surface area contributed by atoms with Gasteiger partial charge in [-0.1, -0.05) is 42.5 Å². The summed E-state index contributed by atoms with van der Waals surface area (Å²) in [5.74, 6) is -1.67. The molecule has 6 nitrogen and oxygen atoms in total. The number of pyridine rings is 2. The van der Waals surface area contributed by atoms with Gasteiger partial charge in [-0.15, -0.1) is 0 Å². The van der Waals surface area contributed by atoms with Crippen LogP contribution in [0.3, 0.4) is 0 Å². The van der Waals surface area contributed by atoms with E-state index in [4.69, 9.17) is 0 Å². The second-order valence-electron chi connectivity index (χ2n) is 7.19. The summed E-state index contributed by atoms with van der Waals surface area (Å²) in [6.07, 6.45) is 6.27. The molecule has 0 bridgehead atoms. The molecule has 1 aliphatic heterocycles. The van der Waals surface area contributed by atoms with Crippen LogP contribution in [0.15, 0.2) is 97.1 Å². The SMILES string of the molecule is O=C1C(=O)N(c2cccc3ccccc23)C(c2cccnc2)/C1=C(\O)c1ccncc1. The second kappa shape index (κ2) is 7.50. The fraction of sp³-hybridized carbons (Fsp3) is 0.0400. The maximum absolute atomic E-state index is 13.3. The van der Waals surface area contributed by atoms with Gasteiger partial charge in [0.2, 0.25) is 0 Å². The molecule has 1 amide bonds. The number of benzene rings is 2. The maximum Gasteiger partial charge on any atom is 0.300 e. The van der Waals surface area contributed by atoms with Crippen molar-refractivity contribution < 1.29 is 14.7 Å². The van der Waals surface area contributed by atoms with E-state index in [1.165, 1.54) is 17.3 Å². The Bertz CT molecular complexity index is 1330. The highest BCUT2D eigenvalue weighted by Gasteiger charge is 2.47. The van der Waals surface area contributed by atoms with Crippen molar-refractivity contribution in [1.82, 2.24) is 9.97 Å². The van der Waals surface area contributed by atoms with E-state index in [0.29, 0.717) is 16.8 Å². The van der Waals surface area contributed by atoms with Crippen molar-refractivity contribution in [2.24, 2.45) is 0 Å². The fourth-order valence-electron chi connectivity index (χ4n) is 4.02. The molecule has 6 heteroatoms. The van der Waals surface area contributed by atoms with Crippen molar-refractivity contribution in [2.75, 3.05) is 4.90 Å². The molecule has 0 radical (unpaired) electrons. The van der Waals surface area contributed by atoms with Crippen molar-refractivity contribution in [3.8, 4) is 0 Å². The van der Waals surface area contributed by atoms with Crippen molar-refractivity contribution >= 4 is 33.9 Å². The molecule has 150 valence electrons. The number of rotatable bonds is 3. The molecule has 5 rings (SSSR count). The van der Waals surface area contributed by atoms with Gasteiger partial charge in [-0.25, -0.2) is 0 Å². The highest BCUT2D eigenvalue weighted by molar-refractivity contribution is 6.52. The highest BCUT2D eigenvalue weighted by atomic mass is 16.3. The molecule has 0 aliphatic carbocycles. The second-order valence-corrected chi connectivity index (χ2v) is 7.19. The van der Waals surface area contributed by atoms with Gasteiger partial charge in [-0.2, -0.15) is 0 Å². The lowest BCUT2D eigenvalue weighted by Crippen LogP contribution is -2.29. The van der Waals surface area contributed by atoms with Crippen LogP contribution in [0.5, 0.6) is 0 Å². The molecule has 1 fully saturated rings. The van der Waals surface area contributed by atoms with Crippen LogP contribution >= 0.6 is 0 Å². The van der Waals surface area contributed by atoms with Gasteiger partial charge < -0.3 is 5.11 Å². The molecule has 0 spiro atoms. The Kier molecular flexibility index (Phi) is 4.52. The van der Waals surface area contributed by atoms with Gasteiger partial charge in [0, 0.05) is 35.7 Å². The lowest BCUT2D eigenvalue weighted by molar-refractivity contribution is -0.132. The number of aliphatic hydroxyl groups is 1. The van der Waals surface area contributed by atoms with Crippen molar-refractivity contribution in [1.29, 1.82) is 0 Å². The average Bonchev–Trinajstić information content (AvgIpc) is 3.09. The van der Waals surface area contributed by atoms with E-state index in [1.807, 2.05) is 42.5 Å². The minimum Gasteiger partial charge on any atom is -0.507 e. The van der Waals surface area contributed by atoms with E-state index in [9.17, 15) is 14.7 Å². The average molecular weight is 407 g/mol. The number of aliphatic hydroxyl groups excluding tert-OH is 1. The normalized spacial score (nSPS) is 17.9. The summed E-state index contributed by atoms with van der Waals surface area (Å²) >= 11 is 0. The van der Waals surface area contributed by atoms with Gasteiger partial charge in [0.05, 0.1) is 17.3 Å². The third kappa shape index (κ3) is 3.05. The monoisotopic (exact) mass is 407 g/mol. The summed E-state index contributed by atoms with van der Waals surface area (Å²) in [6, 6.07) is 19.2. The number of fused-ring (bicyclic) bond motifs is 1. The zero-order chi connectivity index (χ0) is 21.4. The first-order valence-corrected chi connectivity index (χ1v) is 9.76. The van der Waals surface area contributed by atoms with Crippen LogP contribution < -0.4 is 4.90 Å². The Balaban J connectivity index is 1.79. The van der Waals surface area contributed by atoms with E-state index in [0.717, 1.165) is 10.8 Å². The zero-order valence-corrected chi connectivity index (χ0v) is 16.3. The van der Waals surface area contributed by atoms with E-state index in [1.54, 1.807) is 36.7 Å². The van der Waals surface area contributed by atoms with Gasteiger partial charge in [0.15, 0.2) is 0 Å². The molecule has 3 heterocycles. The number of carbonyl (C=O) groups is 2. The number of aromatic nitrogens is 2. The van der Waals surface area contributed by atoms with Gasteiger partial charge in [0.1, 0.15) is 5.76 Å². The number of Topliss-reactive ketones (excluding diaryl/α,β-unsaturated/α-hetero) is 1. The fourth-order valence-corrected chi connectivity index (χ4v) is 4.02. The Morgan fingerprint density at radius 3 is 2.39 bits per heavy atom. The Labute approximate surface area is 178 Å². The number of hydrogen-bond acceptors (Lipinski definition) is 5. The van der Waals surface area contributed by atoms with Gasteiger partial charge in [-0.05, 0) is 35.2 Å². The summed E-state index contributed by atoms with van der Waals surface area (Å²) in [6.45, 7) is 0. The van der Waals surface area contributed by atoms with Gasteiger partial charge in [0.25, 0.3) is 11.7 Å². The molecule has 1 aliphatic rings. The molecule has 31 heavy (non-hydrogen) atoms. The van der Waals surface area contributed by atoms with Crippen molar-refractivity contribution in [3.63, 3.8) is 0 Å². The highest BCUT2D eigenvalue weighted by Crippen LogP contribution is 2.43. The number of amides is 1. The summed E-state index contributed by atoms with van der Waals surface area (Å²) < 4.78 is 0. The first-order chi connectivity index (χ1) is 15.2. The topological polar surface area (TPSA) is 83.4 Å². The van der Waals surface area contributed by atoms with Crippen molar-refractivity contribution in [2.45, 2.75) is 6.04 Å². The third-order valence-corrected chi connectivity index (χ3v) is 5.42. The minimum atomic E-state index is -0.812. The van der Waals surface area contributed by atoms with E-state index < -0.39 is 17.7 Å². The van der Waals surface area contributed by atoms with E-state index >= 15 is 0 Å². The maximum atomic E-state index is 13.3. The smallest absolute Gasteiger partial charge is 0.300 e. The molecule has 2 aromatic carbocycles. The summed E-state index contributed by atoms with van der Waals surface area (Å²) in [5.41, 5.74) is 1.67. The summed E-state index contributed by atoms with van der Waals surface area (Å²) in [4.78, 5) is 36.0. The van der Waals surface area contributed by atoms with Crippen LogP contribution in [0.1, 0.15) is 17.2 Å². The van der Waals surface area contributed by atoms with Crippen LogP contribution in [0.2, 0.25) is 0 Å². The predicted octanol–water partition coefficient (Wildman–Crippen LogP) is 4.26. The van der Waals surface area contributed by atoms with Crippen LogP contribution in [0, 0.1) is 0 Å². The molecular formula is C25H17N3O3. The molecule has 1 saturated heterocycles. The van der Waals surface area contributed by atoms with Crippen LogP contribution in [-0.4, -0.2) is 26.8 Å². The van der Waals surface area contributed by atoms with Crippen LogP contribution in [-0.2, 0) is 9.59 Å². The molecule has 4 aromatic rings. The van der Waals surface area contributed by atoms with Crippen LogP contribution in [0.4, 0.5) is 5.69 Å². The molecule has 1 N–H and O–H groups in total. The molecule has 1 unspecified atom stereocenters. The largest absolute Gasteiger partial charge is 0.507 e. The molecule has 2 aromatic heterocycles. The lowest BCUT2D eigenvalue weighted by atomic mass is 9.96. The number of carbonyl (C=O) groups excluding carboxylic acids is 2.